The first-order valence-corrected chi connectivity index (χ1v) is 23.1. The maximum atomic E-state index is 13.8. The first-order valence-electron chi connectivity index (χ1n) is 22.1. The van der Waals surface area contributed by atoms with Gasteiger partial charge in [-0.1, -0.05) is 38.0 Å². The molecule has 2 aliphatic rings. The van der Waals surface area contributed by atoms with Crippen molar-refractivity contribution in [2.24, 2.45) is 0 Å². The summed E-state index contributed by atoms with van der Waals surface area (Å²) in [5.74, 6) is -2.10. The van der Waals surface area contributed by atoms with E-state index in [0.29, 0.717) is 35.3 Å². The van der Waals surface area contributed by atoms with Crippen LogP contribution in [0, 0.1) is 3.57 Å². The molecule has 0 aromatic heterocycles. The zero-order valence-corrected chi connectivity index (χ0v) is 39.9. The quantitative estimate of drug-likeness (QED) is 0.0286. The number of hydrogen-bond donors (Lipinski definition) is 1. The maximum Gasteiger partial charge on any atom is 0.342 e. The Kier molecular flexibility index (Phi) is 17.9. The average molecular weight is 983 g/mol. The molecule has 2 aliphatic carbocycles. The Labute approximate surface area is 385 Å². The molecule has 0 spiro atoms. The summed E-state index contributed by atoms with van der Waals surface area (Å²) in [5, 5.41) is 10.6. The summed E-state index contributed by atoms with van der Waals surface area (Å²) in [5.41, 5.74) is 2.43. The van der Waals surface area contributed by atoms with Gasteiger partial charge in [0.15, 0.2) is 6.79 Å². The van der Waals surface area contributed by atoms with Crippen LogP contribution in [-0.2, 0) is 28.5 Å². The van der Waals surface area contributed by atoms with E-state index in [1.165, 1.54) is 20.3 Å². The molecule has 1 N–H and O–H groups in total. The number of phenolic OH excluding ortho intramolecular Hbond substituents is 1. The van der Waals surface area contributed by atoms with Crippen LogP contribution < -0.4 is 9.47 Å². The molecule has 0 bridgehead atoms. The van der Waals surface area contributed by atoms with Crippen LogP contribution in [0.1, 0.15) is 166 Å². The number of ether oxygens (including phenoxy) is 7. The molecule has 3 aromatic rings. The summed E-state index contributed by atoms with van der Waals surface area (Å²) in [6, 6.07) is 15.5. The molecule has 0 aliphatic heterocycles. The van der Waals surface area contributed by atoms with Crippen molar-refractivity contribution in [1.29, 1.82) is 0 Å². The Bertz CT molecular complexity index is 2110. The summed E-state index contributed by atoms with van der Waals surface area (Å²) >= 11 is 2.17. The van der Waals surface area contributed by atoms with E-state index in [2.05, 4.69) is 22.6 Å². The summed E-state index contributed by atoms with van der Waals surface area (Å²) < 4.78 is 40.9. The van der Waals surface area contributed by atoms with Crippen LogP contribution in [0.5, 0.6) is 17.2 Å². The van der Waals surface area contributed by atoms with Crippen LogP contribution in [0.25, 0.3) is 0 Å². The Hall–Kier alpha value is -4.63. The van der Waals surface area contributed by atoms with E-state index >= 15 is 0 Å². The number of allylic oxidation sites excluding steroid dienone is 1. The third kappa shape index (κ3) is 12.8. The zero-order valence-electron chi connectivity index (χ0n) is 37.8. The Morgan fingerprint density at radius 3 is 2.03 bits per heavy atom. The van der Waals surface area contributed by atoms with Crippen molar-refractivity contribution in [3.8, 4) is 17.2 Å². The number of rotatable bonds is 20. The highest BCUT2D eigenvalue weighted by atomic mass is 127. The van der Waals surface area contributed by atoms with Gasteiger partial charge in [-0.2, -0.15) is 0 Å². The second-order valence-electron chi connectivity index (χ2n) is 16.9. The maximum absolute atomic E-state index is 13.8. The van der Waals surface area contributed by atoms with Gasteiger partial charge in [-0.25, -0.2) is 19.2 Å². The number of hydrogen-bond acceptors (Lipinski definition) is 12. The molecule has 0 saturated heterocycles. The number of benzene rings is 3. The van der Waals surface area contributed by atoms with E-state index in [-0.39, 0.29) is 60.4 Å². The van der Waals surface area contributed by atoms with Gasteiger partial charge in [0, 0.05) is 15.1 Å². The average Bonchev–Trinajstić information content (AvgIpc) is 3.76. The minimum absolute atomic E-state index is 0.0174. The van der Waals surface area contributed by atoms with Crippen molar-refractivity contribution in [2.45, 2.75) is 135 Å². The molecule has 0 heterocycles. The van der Waals surface area contributed by atoms with Crippen molar-refractivity contribution < 1.29 is 57.4 Å². The van der Waals surface area contributed by atoms with Gasteiger partial charge in [-0.05, 0) is 174 Å². The summed E-state index contributed by atoms with van der Waals surface area (Å²) in [6.45, 7) is 9.84. The van der Waals surface area contributed by atoms with Crippen LogP contribution >= 0.6 is 22.6 Å². The lowest BCUT2D eigenvalue weighted by Crippen LogP contribution is -2.34. The van der Waals surface area contributed by atoms with Crippen LogP contribution in [0.15, 0.2) is 65.7 Å². The highest BCUT2D eigenvalue weighted by Gasteiger charge is 2.37. The molecule has 0 amide bonds. The predicted octanol–water partition coefficient (Wildman–Crippen LogP) is 11.2. The third-order valence-electron chi connectivity index (χ3n) is 12.8. The van der Waals surface area contributed by atoms with Gasteiger partial charge in [-0.15, -0.1) is 0 Å². The van der Waals surface area contributed by atoms with Crippen molar-refractivity contribution in [3.05, 3.63) is 97.1 Å². The highest BCUT2D eigenvalue weighted by Crippen LogP contribution is 2.42. The van der Waals surface area contributed by atoms with Crippen molar-refractivity contribution in [1.82, 2.24) is 0 Å². The Morgan fingerprint density at radius 2 is 1.37 bits per heavy atom. The largest absolute Gasteiger partial charge is 0.507 e. The number of esters is 4. The minimum Gasteiger partial charge on any atom is -0.507 e. The van der Waals surface area contributed by atoms with Gasteiger partial charge in [0.1, 0.15) is 51.7 Å². The normalized spacial score (nSPS) is 16.8. The highest BCUT2D eigenvalue weighted by molar-refractivity contribution is 14.1. The van der Waals surface area contributed by atoms with Crippen LogP contribution in [-0.4, -0.2) is 74.4 Å². The lowest BCUT2D eigenvalue weighted by atomic mass is 9.78. The first kappa shape index (κ1) is 49.4. The van der Waals surface area contributed by atoms with Gasteiger partial charge >= 0.3 is 23.9 Å². The standard InChI is InChI=1S/C50H63IO12/c1-8-34(27-39(36-15-19-42(52)40(29-36)46(54)57-6)32(3)33(4)45(53)63-50(9-2)23-13-14-24-50)35-16-20-43(41(28-35)47(55)58-7)61-31-59-25-26-60-44-30-37(51)17-18-38(44)48(56)62-49(5)21-11-10-12-22-49/h15-20,28-30,34,39,52H,8-14,21-27,31H2,1-7H3/b33-32+. The fraction of sp³-hybridized carbons (Fsp3) is 0.520. The molecule has 2 unspecified atom stereocenters. The minimum atomic E-state index is -0.680. The van der Waals surface area contributed by atoms with E-state index in [1.807, 2.05) is 39.8 Å². The smallest absolute Gasteiger partial charge is 0.342 e. The predicted molar refractivity (Wildman–Crippen MR) is 247 cm³/mol. The molecule has 342 valence electrons. The molecule has 2 fully saturated rings. The number of aromatic hydroxyl groups is 1. The van der Waals surface area contributed by atoms with Crippen LogP contribution in [0.2, 0.25) is 0 Å². The number of methoxy groups -OCH3 is 2. The topological polar surface area (TPSA) is 153 Å². The lowest BCUT2D eigenvalue weighted by molar-refractivity contribution is -0.154. The molecule has 5 rings (SSSR count). The SMILES string of the molecule is CCC(CC(/C(C)=C(\C)C(=O)OC1(CC)CCCC1)c1ccc(O)c(C(=O)OC)c1)c1ccc(OCOCCOc2cc(I)ccc2C(=O)OC2(C)CCCCC2)c(C(=O)OC)c1. The molecule has 13 heteroatoms. The molecule has 2 saturated carbocycles. The number of carbonyl (C=O) groups is 4. The molecular formula is C50H63IO12. The molecular weight excluding hydrogens is 919 g/mol. The van der Waals surface area contributed by atoms with Crippen LogP contribution in [0.3, 0.4) is 0 Å². The fourth-order valence-electron chi connectivity index (χ4n) is 8.71. The van der Waals surface area contributed by atoms with Crippen LogP contribution in [0.4, 0.5) is 0 Å². The van der Waals surface area contributed by atoms with E-state index in [0.717, 1.165) is 78.9 Å². The summed E-state index contributed by atoms with van der Waals surface area (Å²) in [4.78, 5) is 52.9. The van der Waals surface area contributed by atoms with E-state index in [4.69, 9.17) is 33.2 Å². The first-order chi connectivity index (χ1) is 30.2. The second kappa shape index (κ2) is 22.8. The summed E-state index contributed by atoms with van der Waals surface area (Å²) in [7, 11) is 2.56. The number of phenols is 1. The van der Waals surface area contributed by atoms with Gasteiger partial charge in [0.2, 0.25) is 0 Å². The van der Waals surface area contributed by atoms with E-state index in [9.17, 15) is 24.3 Å². The fourth-order valence-corrected chi connectivity index (χ4v) is 9.17. The summed E-state index contributed by atoms with van der Waals surface area (Å²) in [6.07, 6.45) is 10.5. The van der Waals surface area contributed by atoms with E-state index in [1.54, 1.807) is 43.3 Å². The zero-order chi connectivity index (χ0) is 45.7. The monoisotopic (exact) mass is 982 g/mol. The molecule has 63 heavy (non-hydrogen) atoms. The number of carbonyl (C=O) groups excluding carboxylic acids is 4. The Morgan fingerprint density at radius 1 is 0.714 bits per heavy atom. The van der Waals surface area contributed by atoms with Gasteiger partial charge < -0.3 is 38.3 Å². The van der Waals surface area contributed by atoms with E-state index < -0.39 is 29.1 Å². The second-order valence-corrected chi connectivity index (χ2v) is 18.2. The third-order valence-corrected chi connectivity index (χ3v) is 13.5. The van der Waals surface area contributed by atoms with Gasteiger partial charge in [0.05, 0.1) is 20.8 Å². The van der Waals surface area contributed by atoms with Crippen molar-refractivity contribution in [2.75, 3.05) is 34.2 Å². The molecule has 12 nitrogen and oxygen atoms in total. The van der Waals surface area contributed by atoms with Crippen molar-refractivity contribution in [3.63, 3.8) is 0 Å². The molecule has 2 atom stereocenters. The van der Waals surface area contributed by atoms with Crippen molar-refractivity contribution >= 4 is 46.5 Å². The lowest BCUT2D eigenvalue weighted by Gasteiger charge is -2.33. The van der Waals surface area contributed by atoms with Gasteiger partial charge in [-0.3, -0.25) is 0 Å². The van der Waals surface area contributed by atoms with Gasteiger partial charge in [0.25, 0.3) is 0 Å². The number of halogens is 1. The molecule has 3 aromatic carbocycles. The molecule has 0 radical (unpaired) electrons. The Balaban J connectivity index is 1.30.